The van der Waals surface area contributed by atoms with Crippen LogP contribution in [0.2, 0.25) is 20.1 Å². The molecule has 0 fully saturated rings. The van der Waals surface area contributed by atoms with Gasteiger partial charge in [0.15, 0.2) is 11.7 Å². The van der Waals surface area contributed by atoms with Gasteiger partial charge < -0.3 is 9.97 Å². The summed E-state index contributed by atoms with van der Waals surface area (Å²) in [5.74, 6) is -2.11. The third-order valence-corrected chi connectivity index (χ3v) is 11.0. The first kappa shape index (κ1) is 37.4. The molecule has 2 aliphatic heterocycles. The van der Waals surface area contributed by atoms with E-state index in [-0.39, 0.29) is 41.1 Å². The zero-order valence-corrected chi connectivity index (χ0v) is 35.5. The molecule has 0 saturated heterocycles. The van der Waals surface area contributed by atoms with Gasteiger partial charge in [0.05, 0.1) is 22.8 Å². The maximum atomic E-state index is 16.6. The second-order valence-electron chi connectivity index (χ2n) is 13.4. The minimum Gasteiger partial charge on any atom is -0.657 e. The Morgan fingerprint density at radius 1 is 0.386 bits per heavy atom. The maximum Gasteiger partial charge on any atom is 2.00 e. The molecule has 4 nitrogen and oxygen atoms in total. The van der Waals surface area contributed by atoms with Gasteiger partial charge in [0, 0.05) is 31.2 Å². The predicted molar refractivity (Wildman–Crippen MR) is 228 cm³/mol. The van der Waals surface area contributed by atoms with Crippen LogP contribution in [-0.2, 0) is 19.5 Å². The van der Waals surface area contributed by atoms with E-state index in [0.717, 1.165) is 27.8 Å². The number of hydrogen-bond donors (Lipinski definition) is 0. The van der Waals surface area contributed by atoms with Crippen LogP contribution < -0.4 is 9.97 Å². The summed E-state index contributed by atoms with van der Waals surface area (Å²) in [6, 6.07) is 32.2. The van der Waals surface area contributed by atoms with Crippen molar-refractivity contribution in [2.45, 2.75) is 0 Å². The smallest absolute Gasteiger partial charge is 0.657 e. The van der Waals surface area contributed by atoms with E-state index >= 15 is 8.78 Å². The Labute approximate surface area is 357 Å². The third kappa shape index (κ3) is 6.48. The summed E-state index contributed by atoms with van der Waals surface area (Å²) in [6.45, 7) is 0. The molecule has 0 saturated carbocycles. The normalized spacial score (nSPS) is 12.7. The van der Waals surface area contributed by atoms with Crippen molar-refractivity contribution in [2.75, 3.05) is 0 Å². The SMILES string of the molecule is FC1=C(F)c2cc3[n-]c2c(c2ccc([n-]2)c(-c2ccc(Cl)cc2)c2nc(c(-c4ccc(Cl)cc4)c4nc(c3-c3ccc(Cl)cc3)C=C4)C=C2)-c2ccc(Cl)cc21.[Zn+2]. The minimum atomic E-state index is -1.06. The summed E-state index contributed by atoms with van der Waals surface area (Å²) in [4.78, 5) is 20.7. The molecule has 0 radical (unpaired) electrons. The van der Waals surface area contributed by atoms with Crippen molar-refractivity contribution in [2.24, 2.45) is 0 Å². The van der Waals surface area contributed by atoms with Gasteiger partial charge in [0.2, 0.25) is 0 Å². The van der Waals surface area contributed by atoms with Gasteiger partial charge in [-0.25, -0.2) is 18.7 Å². The molecule has 0 N–H and O–H groups in total. The van der Waals surface area contributed by atoms with Crippen LogP contribution in [0, 0.1) is 0 Å². The summed E-state index contributed by atoms with van der Waals surface area (Å²) in [5, 5.41) is 1.96. The van der Waals surface area contributed by atoms with Gasteiger partial charge in [-0.3, -0.25) is 0 Å². The number of hydrogen-bond acceptors (Lipinski definition) is 2. The van der Waals surface area contributed by atoms with Crippen molar-refractivity contribution < 1.29 is 28.3 Å². The number of benzene rings is 4. The van der Waals surface area contributed by atoms with Crippen molar-refractivity contribution in [3.8, 4) is 44.5 Å². The molecule has 5 heterocycles. The van der Waals surface area contributed by atoms with Crippen LogP contribution in [0.5, 0.6) is 0 Å². The average Bonchev–Trinajstić information content (AvgIpc) is 4.03. The number of aromatic nitrogens is 4. The Hall–Kier alpha value is -5.14. The first-order valence-corrected chi connectivity index (χ1v) is 18.9. The summed E-state index contributed by atoms with van der Waals surface area (Å²) in [7, 11) is 0. The van der Waals surface area contributed by atoms with Gasteiger partial charge in [-0.05, 0) is 117 Å². The van der Waals surface area contributed by atoms with Gasteiger partial charge in [0.1, 0.15) is 0 Å². The van der Waals surface area contributed by atoms with Crippen molar-refractivity contribution in [1.82, 2.24) is 19.9 Å². The molecule has 11 heteroatoms. The first-order chi connectivity index (χ1) is 27.2. The second-order valence-corrected chi connectivity index (χ2v) is 15.1. The van der Waals surface area contributed by atoms with Crippen LogP contribution in [0.4, 0.5) is 8.78 Å². The molecule has 270 valence electrons. The monoisotopic (exact) mass is 872 g/mol. The van der Waals surface area contributed by atoms with E-state index in [0.29, 0.717) is 71.1 Å². The van der Waals surface area contributed by atoms with Gasteiger partial charge in [-0.15, -0.1) is 22.1 Å². The quantitative estimate of drug-likeness (QED) is 0.166. The Balaban J connectivity index is 0.00000422. The minimum absolute atomic E-state index is 0. The van der Waals surface area contributed by atoms with Crippen LogP contribution in [0.1, 0.15) is 33.9 Å². The van der Waals surface area contributed by atoms with Gasteiger partial charge in [-0.1, -0.05) is 107 Å². The molecule has 3 aliphatic rings. The zero-order valence-electron chi connectivity index (χ0n) is 29.5. The molecule has 1 aliphatic carbocycles. The summed E-state index contributed by atoms with van der Waals surface area (Å²) >= 11 is 25.4. The molecule has 8 bridgehead atoms. The Bertz CT molecular complexity index is 3070. The van der Waals surface area contributed by atoms with E-state index in [2.05, 4.69) is 0 Å². The maximum absolute atomic E-state index is 16.6. The molecular weight excluding hydrogens is 854 g/mol. The molecule has 0 unspecified atom stereocenters. The summed E-state index contributed by atoms with van der Waals surface area (Å²) < 4.78 is 33.0. The molecular formula is C46H22Cl4F2N4Zn. The molecule has 7 aromatic rings. The fourth-order valence-electron chi connectivity index (χ4n) is 7.50. The van der Waals surface area contributed by atoms with Gasteiger partial charge in [0.25, 0.3) is 0 Å². The van der Waals surface area contributed by atoms with E-state index in [1.807, 2.05) is 97.1 Å². The van der Waals surface area contributed by atoms with Crippen molar-refractivity contribution in [1.29, 1.82) is 0 Å². The van der Waals surface area contributed by atoms with E-state index in [4.69, 9.17) is 66.3 Å². The molecule has 57 heavy (non-hydrogen) atoms. The van der Waals surface area contributed by atoms with Gasteiger partial charge in [-0.2, -0.15) is 0 Å². The predicted octanol–water partition coefficient (Wildman–Crippen LogP) is 14.3. The Morgan fingerprint density at radius 3 is 1.33 bits per heavy atom. The van der Waals surface area contributed by atoms with Crippen molar-refractivity contribution >= 4 is 104 Å². The van der Waals surface area contributed by atoms with E-state index in [1.54, 1.807) is 30.3 Å². The number of fused-ring (bicyclic) bond motifs is 10. The summed E-state index contributed by atoms with van der Waals surface area (Å²) in [6.07, 6.45) is 7.72. The van der Waals surface area contributed by atoms with Crippen molar-refractivity contribution in [3.63, 3.8) is 0 Å². The van der Waals surface area contributed by atoms with Crippen LogP contribution in [0.15, 0.2) is 109 Å². The van der Waals surface area contributed by atoms with Crippen molar-refractivity contribution in [3.05, 3.63) is 163 Å². The fraction of sp³-hybridized carbons (Fsp3) is 0. The van der Waals surface area contributed by atoms with E-state index < -0.39 is 11.7 Å². The van der Waals surface area contributed by atoms with Gasteiger partial charge >= 0.3 is 19.5 Å². The molecule has 3 aromatic heterocycles. The van der Waals surface area contributed by atoms with Crippen LogP contribution in [0.3, 0.4) is 0 Å². The molecule has 0 spiro atoms. The molecule has 0 atom stereocenters. The first-order valence-electron chi connectivity index (χ1n) is 17.4. The standard InChI is InChI=1S/C46H22Cl4F2N4.Zn/c47-26-7-1-23(2-8-26)40-33-15-16-34(53-33)41(24-3-9-27(48)10-4-24)36-19-20-38(55-36)43-30-14-13-29(50)21-31(30)44(51)45(52)32-22-39(56-46(32)43)42(37-18-17-35(40)54-37)25-5-11-28(49)12-6-25;/h1-22H;/q-2;+2. The zero-order chi connectivity index (χ0) is 38.2. The fourth-order valence-corrected chi connectivity index (χ4v) is 8.05. The largest absolute Gasteiger partial charge is 2.00 e. The Kier molecular flexibility index (Phi) is 9.63. The molecule has 10 rings (SSSR count). The summed E-state index contributed by atoms with van der Waals surface area (Å²) in [5.41, 5.74) is 9.46. The van der Waals surface area contributed by atoms with E-state index in [9.17, 15) is 0 Å². The van der Waals surface area contributed by atoms with E-state index in [1.165, 1.54) is 6.07 Å². The van der Waals surface area contributed by atoms with Crippen LogP contribution >= 0.6 is 46.4 Å². The number of halogens is 6. The second kappa shape index (κ2) is 14.7. The van der Waals surface area contributed by atoms with Crippen LogP contribution in [0.25, 0.3) is 103 Å². The Morgan fingerprint density at radius 2 is 0.807 bits per heavy atom. The topological polar surface area (TPSA) is 54.0 Å². The van der Waals surface area contributed by atoms with Crippen LogP contribution in [-0.4, -0.2) is 9.97 Å². The number of rotatable bonds is 3. The molecule has 0 amide bonds. The molecule has 4 aromatic carbocycles. The third-order valence-electron chi connectivity index (χ3n) is 10.0. The number of nitrogens with zero attached hydrogens (tertiary/aromatic N) is 4. The average molecular weight is 876 g/mol.